The van der Waals surface area contributed by atoms with E-state index in [0.29, 0.717) is 17.1 Å². The quantitative estimate of drug-likeness (QED) is 0.570. The summed E-state index contributed by atoms with van der Waals surface area (Å²) in [5.74, 6) is 1.68. The van der Waals surface area contributed by atoms with Gasteiger partial charge in [-0.05, 0) is 76.0 Å². The number of hydrogen-bond donors (Lipinski definition) is 1. The van der Waals surface area contributed by atoms with Gasteiger partial charge < -0.3 is 15.0 Å². The van der Waals surface area contributed by atoms with Crippen molar-refractivity contribution in [1.82, 2.24) is 15.1 Å². The predicted molar refractivity (Wildman–Crippen MR) is 127 cm³/mol. The second-order valence-electron chi connectivity index (χ2n) is 8.69. The molecule has 0 bridgehead atoms. The van der Waals surface area contributed by atoms with Crippen LogP contribution in [0.5, 0.6) is 11.5 Å². The van der Waals surface area contributed by atoms with E-state index in [1.807, 2.05) is 30.5 Å². The molecule has 162 valence electrons. The second-order valence-corrected chi connectivity index (χ2v) is 9.12. The molecule has 1 saturated heterocycles. The van der Waals surface area contributed by atoms with Crippen LogP contribution >= 0.6 is 11.6 Å². The summed E-state index contributed by atoms with van der Waals surface area (Å²) in [5, 5.41) is 8.82. The van der Waals surface area contributed by atoms with Gasteiger partial charge >= 0.3 is 0 Å². The van der Waals surface area contributed by atoms with Crippen LogP contribution in [-0.4, -0.2) is 36.0 Å². The number of nitrogens with one attached hydrogen (secondary N) is 1. The predicted octanol–water partition coefficient (Wildman–Crippen LogP) is 5.69. The molecule has 1 unspecified atom stereocenters. The first-order valence-corrected chi connectivity index (χ1v) is 11.6. The highest BCUT2D eigenvalue weighted by Crippen LogP contribution is 2.44. The SMILES string of the molecule is CC1CCc2c(ccc(-c3cnn(C4CCNCC4)c3)c2Oc2cccc(Cl)c2)N1C. The first kappa shape index (κ1) is 20.4. The van der Waals surface area contributed by atoms with Crippen LogP contribution in [0.15, 0.2) is 48.8 Å². The van der Waals surface area contributed by atoms with Crippen LogP contribution < -0.4 is 15.0 Å². The maximum Gasteiger partial charge on any atom is 0.140 e. The fourth-order valence-electron chi connectivity index (χ4n) is 4.71. The van der Waals surface area contributed by atoms with Gasteiger partial charge in [-0.2, -0.15) is 5.10 Å². The van der Waals surface area contributed by atoms with Crippen LogP contribution in [0.3, 0.4) is 0 Å². The van der Waals surface area contributed by atoms with Gasteiger partial charge in [-0.15, -0.1) is 0 Å². The minimum atomic E-state index is 0.455. The highest BCUT2D eigenvalue weighted by molar-refractivity contribution is 6.30. The minimum Gasteiger partial charge on any atom is -0.456 e. The molecule has 6 heteroatoms. The van der Waals surface area contributed by atoms with E-state index in [0.717, 1.165) is 61.4 Å². The Morgan fingerprint density at radius 2 is 1.97 bits per heavy atom. The Hall–Kier alpha value is -2.50. The molecule has 1 fully saturated rings. The summed E-state index contributed by atoms with van der Waals surface area (Å²) in [6.07, 6.45) is 8.47. The lowest BCUT2D eigenvalue weighted by atomic mass is 9.93. The summed E-state index contributed by atoms with van der Waals surface area (Å²) in [4.78, 5) is 2.35. The fraction of sp³-hybridized carbons (Fsp3) is 0.400. The zero-order valence-electron chi connectivity index (χ0n) is 18.1. The van der Waals surface area contributed by atoms with Crippen molar-refractivity contribution in [2.75, 3.05) is 25.0 Å². The van der Waals surface area contributed by atoms with E-state index >= 15 is 0 Å². The van der Waals surface area contributed by atoms with Gasteiger partial charge in [0, 0.05) is 46.7 Å². The fourth-order valence-corrected chi connectivity index (χ4v) is 4.89. The summed E-state index contributed by atoms with van der Waals surface area (Å²) in [6.45, 7) is 4.37. The van der Waals surface area contributed by atoms with Crippen LogP contribution in [0.2, 0.25) is 5.02 Å². The van der Waals surface area contributed by atoms with Crippen molar-refractivity contribution in [3.63, 3.8) is 0 Å². The van der Waals surface area contributed by atoms with Crippen LogP contribution in [-0.2, 0) is 6.42 Å². The van der Waals surface area contributed by atoms with Gasteiger partial charge in [0.05, 0.1) is 12.2 Å². The zero-order valence-corrected chi connectivity index (χ0v) is 18.9. The number of fused-ring (bicyclic) bond motifs is 1. The Kier molecular flexibility index (Phi) is 5.63. The van der Waals surface area contributed by atoms with Crippen molar-refractivity contribution in [3.8, 4) is 22.6 Å². The number of nitrogens with zero attached hydrogens (tertiary/aromatic N) is 3. The Morgan fingerprint density at radius 1 is 1.13 bits per heavy atom. The number of rotatable bonds is 4. The number of halogens is 1. The van der Waals surface area contributed by atoms with E-state index in [-0.39, 0.29) is 0 Å². The highest BCUT2D eigenvalue weighted by Gasteiger charge is 2.26. The molecular formula is C25H29ClN4O. The van der Waals surface area contributed by atoms with Gasteiger partial charge in [-0.3, -0.25) is 4.68 Å². The standard InChI is InChI=1S/C25H29ClN4O/c1-17-6-7-23-24(29(17)2)9-8-22(25(23)31-21-5-3-4-19(26)14-21)18-15-28-30(16-18)20-10-12-27-13-11-20/h3-5,8-9,14-17,20,27H,6-7,10-13H2,1-2H3. The lowest BCUT2D eigenvalue weighted by Crippen LogP contribution is -2.33. The summed E-state index contributed by atoms with van der Waals surface area (Å²) in [5.41, 5.74) is 4.68. The van der Waals surface area contributed by atoms with Crippen molar-refractivity contribution in [3.05, 3.63) is 59.4 Å². The monoisotopic (exact) mass is 436 g/mol. The Labute approximate surface area is 189 Å². The van der Waals surface area contributed by atoms with Gasteiger partial charge in [0.15, 0.2) is 0 Å². The normalized spacial score (nSPS) is 19.3. The van der Waals surface area contributed by atoms with E-state index < -0.39 is 0 Å². The van der Waals surface area contributed by atoms with Crippen LogP contribution in [0.1, 0.15) is 37.8 Å². The molecule has 2 aliphatic rings. The molecule has 5 nitrogen and oxygen atoms in total. The van der Waals surface area contributed by atoms with Crippen molar-refractivity contribution in [2.24, 2.45) is 0 Å². The molecule has 0 radical (unpaired) electrons. The summed E-state index contributed by atoms with van der Waals surface area (Å²) >= 11 is 6.24. The smallest absolute Gasteiger partial charge is 0.140 e. The molecule has 3 heterocycles. The average Bonchev–Trinajstić information content (AvgIpc) is 3.27. The lowest BCUT2D eigenvalue weighted by Gasteiger charge is -2.35. The lowest BCUT2D eigenvalue weighted by molar-refractivity contribution is 0.343. The molecular weight excluding hydrogens is 408 g/mol. The van der Waals surface area contributed by atoms with E-state index in [2.05, 4.69) is 47.2 Å². The second kappa shape index (κ2) is 8.56. The number of anilines is 1. The molecule has 3 aromatic rings. The van der Waals surface area contributed by atoms with E-state index in [9.17, 15) is 0 Å². The van der Waals surface area contributed by atoms with Crippen molar-refractivity contribution in [2.45, 2.75) is 44.7 Å². The number of hydrogen-bond acceptors (Lipinski definition) is 4. The molecule has 2 aliphatic heterocycles. The highest BCUT2D eigenvalue weighted by atomic mass is 35.5. The van der Waals surface area contributed by atoms with Gasteiger partial charge in [-0.1, -0.05) is 17.7 Å². The Bertz CT molecular complexity index is 1070. The van der Waals surface area contributed by atoms with Crippen molar-refractivity contribution < 1.29 is 4.74 Å². The molecule has 2 aromatic carbocycles. The third-order valence-corrected chi connectivity index (χ3v) is 6.94. The van der Waals surface area contributed by atoms with Crippen molar-refractivity contribution >= 4 is 17.3 Å². The first-order chi connectivity index (χ1) is 15.1. The Balaban J connectivity index is 1.57. The average molecular weight is 437 g/mol. The minimum absolute atomic E-state index is 0.455. The number of ether oxygens (including phenoxy) is 1. The molecule has 1 aromatic heterocycles. The van der Waals surface area contributed by atoms with Crippen LogP contribution in [0.25, 0.3) is 11.1 Å². The summed E-state index contributed by atoms with van der Waals surface area (Å²) in [6, 6.07) is 13.0. The zero-order chi connectivity index (χ0) is 21.4. The van der Waals surface area contributed by atoms with Crippen molar-refractivity contribution in [1.29, 1.82) is 0 Å². The number of piperidine rings is 1. The molecule has 1 N–H and O–H groups in total. The van der Waals surface area contributed by atoms with Gasteiger partial charge in [0.2, 0.25) is 0 Å². The third-order valence-electron chi connectivity index (χ3n) is 6.70. The molecule has 5 rings (SSSR count). The molecule has 0 spiro atoms. The number of benzene rings is 2. The van der Waals surface area contributed by atoms with Crippen LogP contribution in [0, 0.1) is 0 Å². The third kappa shape index (κ3) is 4.04. The maximum absolute atomic E-state index is 6.52. The van der Waals surface area contributed by atoms with Gasteiger partial charge in [0.1, 0.15) is 11.5 Å². The largest absolute Gasteiger partial charge is 0.456 e. The molecule has 0 aliphatic carbocycles. The van der Waals surface area contributed by atoms with Gasteiger partial charge in [-0.25, -0.2) is 0 Å². The summed E-state index contributed by atoms with van der Waals surface area (Å²) in [7, 11) is 2.17. The van der Waals surface area contributed by atoms with E-state index in [1.54, 1.807) is 0 Å². The molecule has 1 atom stereocenters. The van der Waals surface area contributed by atoms with E-state index in [4.69, 9.17) is 21.4 Å². The Morgan fingerprint density at radius 3 is 2.77 bits per heavy atom. The number of aromatic nitrogens is 2. The summed E-state index contributed by atoms with van der Waals surface area (Å²) < 4.78 is 8.66. The molecule has 0 saturated carbocycles. The van der Waals surface area contributed by atoms with E-state index in [1.165, 1.54) is 11.3 Å². The molecule has 31 heavy (non-hydrogen) atoms. The maximum atomic E-state index is 6.52. The molecule has 0 amide bonds. The first-order valence-electron chi connectivity index (χ1n) is 11.2. The van der Waals surface area contributed by atoms with Gasteiger partial charge in [0.25, 0.3) is 0 Å². The van der Waals surface area contributed by atoms with Crippen LogP contribution in [0.4, 0.5) is 5.69 Å². The topological polar surface area (TPSA) is 42.3 Å².